The van der Waals surface area contributed by atoms with Crippen LogP contribution in [-0.2, 0) is 16.0 Å². The lowest BCUT2D eigenvalue weighted by molar-refractivity contribution is 0.110. The zero-order valence-electron chi connectivity index (χ0n) is 17.2. The first-order chi connectivity index (χ1) is 12.7. The van der Waals surface area contributed by atoms with E-state index < -0.39 is 0 Å². The molecule has 0 fully saturated rings. The summed E-state index contributed by atoms with van der Waals surface area (Å²) in [7, 11) is 0. The quantitative estimate of drug-likeness (QED) is 0.191. The zero-order chi connectivity index (χ0) is 19.0. The van der Waals surface area contributed by atoms with E-state index in [0.29, 0.717) is 26.4 Å². The first-order valence-corrected chi connectivity index (χ1v) is 9.61. The standard InChI is InChI=1S/C20H35N3O3.HI/c1-5-21-20(22-11-8-12-24-6-2)23-16-18-10-9-17(4)15-19(18)26-14-13-25-7-3;/h9-10,15H,5-8,11-14,16H2,1-4H3,(H2,21,22,23);1H. The van der Waals surface area contributed by atoms with Crippen LogP contribution in [0.15, 0.2) is 23.2 Å². The molecule has 0 aliphatic rings. The highest BCUT2D eigenvalue weighted by atomic mass is 127. The van der Waals surface area contributed by atoms with Crippen molar-refractivity contribution in [2.45, 2.75) is 40.7 Å². The third-order valence-electron chi connectivity index (χ3n) is 3.63. The number of benzene rings is 1. The summed E-state index contributed by atoms with van der Waals surface area (Å²) in [6.07, 6.45) is 0.953. The van der Waals surface area contributed by atoms with E-state index in [-0.39, 0.29) is 24.0 Å². The van der Waals surface area contributed by atoms with Crippen molar-refractivity contribution in [1.29, 1.82) is 0 Å². The van der Waals surface area contributed by atoms with E-state index in [1.165, 1.54) is 5.56 Å². The van der Waals surface area contributed by atoms with Crippen molar-refractivity contribution in [3.8, 4) is 5.75 Å². The molecule has 1 aromatic carbocycles. The van der Waals surface area contributed by atoms with E-state index in [1.807, 2.05) is 13.8 Å². The maximum absolute atomic E-state index is 5.89. The summed E-state index contributed by atoms with van der Waals surface area (Å²) >= 11 is 0. The molecule has 0 aliphatic carbocycles. The number of nitrogens with one attached hydrogen (secondary N) is 2. The lowest BCUT2D eigenvalue weighted by Gasteiger charge is -2.14. The average Bonchev–Trinajstić information content (AvgIpc) is 2.64. The van der Waals surface area contributed by atoms with Crippen molar-refractivity contribution in [1.82, 2.24) is 10.6 Å². The summed E-state index contributed by atoms with van der Waals surface area (Å²) in [4.78, 5) is 4.68. The van der Waals surface area contributed by atoms with Crippen molar-refractivity contribution in [2.24, 2.45) is 4.99 Å². The normalized spacial score (nSPS) is 11.0. The minimum Gasteiger partial charge on any atom is -0.491 e. The molecule has 0 radical (unpaired) electrons. The molecular formula is C20H36IN3O3. The summed E-state index contributed by atoms with van der Waals surface area (Å²) in [5.74, 6) is 1.69. The van der Waals surface area contributed by atoms with E-state index >= 15 is 0 Å². The van der Waals surface area contributed by atoms with E-state index in [4.69, 9.17) is 14.2 Å². The summed E-state index contributed by atoms with van der Waals surface area (Å²) in [5, 5.41) is 6.61. The second-order valence-corrected chi connectivity index (χ2v) is 5.83. The Hall–Kier alpha value is -1.06. The minimum absolute atomic E-state index is 0. The third-order valence-corrected chi connectivity index (χ3v) is 3.63. The first-order valence-electron chi connectivity index (χ1n) is 9.61. The number of guanidine groups is 1. The Balaban J connectivity index is 0.00000676. The van der Waals surface area contributed by atoms with Crippen molar-refractivity contribution in [3.63, 3.8) is 0 Å². The van der Waals surface area contributed by atoms with Gasteiger partial charge in [-0.2, -0.15) is 0 Å². The van der Waals surface area contributed by atoms with Gasteiger partial charge >= 0.3 is 0 Å². The van der Waals surface area contributed by atoms with Crippen LogP contribution in [0.2, 0.25) is 0 Å². The van der Waals surface area contributed by atoms with E-state index in [9.17, 15) is 0 Å². The molecular weight excluding hydrogens is 457 g/mol. The van der Waals surface area contributed by atoms with Crippen molar-refractivity contribution >= 4 is 29.9 Å². The lowest BCUT2D eigenvalue weighted by Crippen LogP contribution is -2.38. The lowest BCUT2D eigenvalue weighted by atomic mass is 10.1. The van der Waals surface area contributed by atoms with Gasteiger partial charge in [0.2, 0.25) is 0 Å². The number of rotatable bonds is 13. The topological polar surface area (TPSA) is 64.1 Å². The Morgan fingerprint density at radius 2 is 1.74 bits per heavy atom. The van der Waals surface area contributed by atoms with Gasteiger partial charge in [-0.25, -0.2) is 4.99 Å². The molecule has 6 nitrogen and oxygen atoms in total. The summed E-state index contributed by atoms with van der Waals surface area (Å²) in [5.41, 5.74) is 2.24. The van der Waals surface area contributed by atoms with Gasteiger partial charge in [0.05, 0.1) is 13.2 Å². The van der Waals surface area contributed by atoms with Crippen LogP contribution >= 0.6 is 24.0 Å². The van der Waals surface area contributed by atoms with Crippen LogP contribution in [0.1, 0.15) is 38.3 Å². The van der Waals surface area contributed by atoms with Crippen molar-refractivity contribution in [3.05, 3.63) is 29.3 Å². The Labute approximate surface area is 181 Å². The molecule has 7 heteroatoms. The van der Waals surface area contributed by atoms with E-state index in [0.717, 1.165) is 50.0 Å². The van der Waals surface area contributed by atoms with Gasteiger partial charge in [0.1, 0.15) is 12.4 Å². The molecule has 2 N–H and O–H groups in total. The molecule has 0 aliphatic heterocycles. The minimum atomic E-state index is 0. The Morgan fingerprint density at radius 1 is 1.00 bits per heavy atom. The van der Waals surface area contributed by atoms with E-state index in [2.05, 4.69) is 47.7 Å². The van der Waals surface area contributed by atoms with Gasteiger partial charge in [0.25, 0.3) is 0 Å². The van der Waals surface area contributed by atoms with Crippen LogP contribution in [0.4, 0.5) is 0 Å². The first kappa shape index (κ1) is 25.9. The molecule has 0 bridgehead atoms. The van der Waals surface area contributed by atoms with Crippen LogP contribution < -0.4 is 15.4 Å². The largest absolute Gasteiger partial charge is 0.491 e. The van der Waals surface area contributed by atoms with Crippen LogP contribution in [0.25, 0.3) is 0 Å². The molecule has 0 saturated carbocycles. The number of ether oxygens (including phenoxy) is 3. The second-order valence-electron chi connectivity index (χ2n) is 5.83. The van der Waals surface area contributed by atoms with Gasteiger partial charge in [0, 0.05) is 38.5 Å². The fourth-order valence-electron chi connectivity index (χ4n) is 2.31. The predicted molar refractivity (Wildman–Crippen MR) is 123 cm³/mol. The van der Waals surface area contributed by atoms with Crippen molar-refractivity contribution < 1.29 is 14.2 Å². The number of hydrogen-bond donors (Lipinski definition) is 2. The molecule has 0 atom stereocenters. The second kappa shape index (κ2) is 17.1. The number of hydrogen-bond acceptors (Lipinski definition) is 4. The fourth-order valence-corrected chi connectivity index (χ4v) is 2.31. The smallest absolute Gasteiger partial charge is 0.191 e. The van der Waals surface area contributed by atoms with Crippen LogP contribution in [0.3, 0.4) is 0 Å². The highest BCUT2D eigenvalue weighted by Gasteiger charge is 2.05. The molecule has 0 aromatic heterocycles. The summed E-state index contributed by atoms with van der Waals surface area (Å²) in [6, 6.07) is 6.22. The van der Waals surface area contributed by atoms with Gasteiger partial charge < -0.3 is 24.8 Å². The monoisotopic (exact) mass is 493 g/mol. The zero-order valence-corrected chi connectivity index (χ0v) is 19.5. The molecule has 0 spiro atoms. The third kappa shape index (κ3) is 12.1. The molecule has 0 heterocycles. The van der Waals surface area contributed by atoms with Gasteiger partial charge in [0.15, 0.2) is 5.96 Å². The molecule has 0 saturated heterocycles. The fraction of sp³-hybridized carbons (Fsp3) is 0.650. The van der Waals surface area contributed by atoms with Crippen LogP contribution in [0, 0.1) is 6.92 Å². The number of nitrogens with zero attached hydrogens (tertiary/aromatic N) is 1. The van der Waals surface area contributed by atoms with Gasteiger partial charge in [-0.15, -0.1) is 24.0 Å². The number of aryl methyl sites for hydroxylation is 1. The molecule has 0 amide bonds. The summed E-state index contributed by atoms with van der Waals surface area (Å²) in [6.45, 7) is 13.7. The molecule has 1 rings (SSSR count). The summed E-state index contributed by atoms with van der Waals surface area (Å²) < 4.78 is 16.6. The maximum Gasteiger partial charge on any atom is 0.191 e. The van der Waals surface area contributed by atoms with E-state index in [1.54, 1.807) is 0 Å². The Morgan fingerprint density at radius 3 is 2.44 bits per heavy atom. The van der Waals surface area contributed by atoms with Gasteiger partial charge in [-0.05, 0) is 45.7 Å². The maximum atomic E-state index is 5.89. The highest BCUT2D eigenvalue weighted by Crippen LogP contribution is 2.21. The highest BCUT2D eigenvalue weighted by molar-refractivity contribution is 14.0. The van der Waals surface area contributed by atoms with Crippen LogP contribution in [-0.4, -0.2) is 52.1 Å². The SMILES string of the molecule is CCNC(=NCc1ccc(C)cc1OCCOCC)NCCCOCC.I. The predicted octanol–water partition coefficient (Wildman–Crippen LogP) is 3.51. The molecule has 156 valence electrons. The van der Waals surface area contributed by atoms with Gasteiger partial charge in [-0.3, -0.25) is 0 Å². The average molecular weight is 493 g/mol. The molecule has 1 aromatic rings. The van der Waals surface area contributed by atoms with Crippen LogP contribution in [0.5, 0.6) is 5.75 Å². The number of halogens is 1. The van der Waals surface area contributed by atoms with Gasteiger partial charge in [-0.1, -0.05) is 12.1 Å². The number of aliphatic imine (C=N–C) groups is 1. The Bertz CT molecular complexity index is 527. The molecule has 0 unspecified atom stereocenters. The molecule has 27 heavy (non-hydrogen) atoms. The Kier molecular flexibility index (Phi) is 16.4. The van der Waals surface area contributed by atoms with Crippen molar-refractivity contribution in [2.75, 3.05) is 46.1 Å².